The highest BCUT2D eigenvalue weighted by atomic mass is 79.9. The number of halogens is 1. The minimum Gasteiger partial charge on any atom is -0.480 e. The predicted octanol–water partition coefficient (Wildman–Crippen LogP) is 1.72. The molecule has 0 unspecified atom stereocenters. The molecular weight excluding hydrogens is 274 g/mol. The molecule has 1 N–H and O–H groups in total. The molecule has 1 rings (SSSR count). The second-order valence-electron chi connectivity index (χ2n) is 3.12. The van der Waals surface area contributed by atoms with Crippen LogP contribution in [0, 0.1) is 0 Å². The maximum Gasteiger partial charge on any atom is 0.343 e. The monoisotopic (exact) mass is 287 g/mol. The molecule has 88 valence electrons. The summed E-state index contributed by atoms with van der Waals surface area (Å²) in [6, 6.07) is 5.72. The van der Waals surface area contributed by atoms with Gasteiger partial charge in [0.1, 0.15) is 5.75 Å². The zero-order valence-corrected chi connectivity index (χ0v) is 10.8. The number of esters is 1. The molecule has 1 aromatic carbocycles. The van der Waals surface area contributed by atoms with Gasteiger partial charge in [-0.15, -0.1) is 0 Å². The van der Waals surface area contributed by atoms with Gasteiger partial charge in [-0.1, -0.05) is 12.1 Å². The second-order valence-corrected chi connectivity index (χ2v) is 3.98. The highest BCUT2D eigenvalue weighted by Crippen LogP contribution is 2.28. The topological polar surface area (TPSA) is 47.6 Å². The fourth-order valence-corrected chi connectivity index (χ4v) is 1.76. The van der Waals surface area contributed by atoms with Crippen LogP contribution in [0.15, 0.2) is 22.7 Å². The second kappa shape index (κ2) is 6.50. The molecule has 0 bridgehead atoms. The summed E-state index contributed by atoms with van der Waals surface area (Å²) in [5.74, 6) is 0.272. The minimum absolute atomic E-state index is 0.0875. The van der Waals surface area contributed by atoms with E-state index in [0.717, 1.165) is 10.0 Å². The van der Waals surface area contributed by atoms with Crippen LogP contribution in [0.4, 0.5) is 0 Å². The number of nitrogens with one attached hydrogen (secondary N) is 1. The first kappa shape index (κ1) is 13.0. The maximum atomic E-state index is 11.0. The van der Waals surface area contributed by atoms with E-state index in [1.165, 1.54) is 7.11 Å². The average Bonchev–Trinajstić information content (AvgIpc) is 2.28. The summed E-state index contributed by atoms with van der Waals surface area (Å²) in [4.78, 5) is 11.0. The van der Waals surface area contributed by atoms with Crippen molar-refractivity contribution in [1.29, 1.82) is 0 Å². The summed E-state index contributed by atoms with van der Waals surface area (Å²) in [5, 5.41) is 3.04. The predicted molar refractivity (Wildman–Crippen MR) is 64.4 cm³/mol. The van der Waals surface area contributed by atoms with Gasteiger partial charge in [-0.25, -0.2) is 4.79 Å². The molecule has 0 aromatic heterocycles. The van der Waals surface area contributed by atoms with Gasteiger partial charge >= 0.3 is 5.97 Å². The van der Waals surface area contributed by atoms with Crippen LogP contribution in [0.2, 0.25) is 0 Å². The Morgan fingerprint density at radius 3 is 2.88 bits per heavy atom. The van der Waals surface area contributed by atoms with Crippen LogP contribution in [0.1, 0.15) is 5.56 Å². The van der Waals surface area contributed by atoms with E-state index in [1.807, 2.05) is 25.2 Å². The fraction of sp³-hybridized carbons (Fsp3) is 0.364. The highest BCUT2D eigenvalue weighted by molar-refractivity contribution is 9.10. The van der Waals surface area contributed by atoms with E-state index in [1.54, 1.807) is 0 Å². The van der Waals surface area contributed by atoms with E-state index in [-0.39, 0.29) is 6.61 Å². The van der Waals surface area contributed by atoms with Crippen LogP contribution < -0.4 is 10.1 Å². The third-order valence-corrected chi connectivity index (χ3v) is 2.60. The van der Waals surface area contributed by atoms with Crippen molar-refractivity contribution in [1.82, 2.24) is 5.32 Å². The van der Waals surface area contributed by atoms with Crippen LogP contribution in [0.25, 0.3) is 0 Å². The lowest BCUT2D eigenvalue weighted by molar-refractivity contribution is -0.142. The van der Waals surface area contributed by atoms with Crippen LogP contribution in [0.3, 0.4) is 0 Å². The lowest BCUT2D eigenvalue weighted by atomic mass is 10.2. The highest BCUT2D eigenvalue weighted by Gasteiger charge is 2.09. The number of ether oxygens (including phenoxy) is 2. The molecule has 0 saturated carbocycles. The molecule has 0 aliphatic rings. The van der Waals surface area contributed by atoms with Crippen molar-refractivity contribution in [2.24, 2.45) is 0 Å². The van der Waals surface area contributed by atoms with E-state index in [4.69, 9.17) is 4.74 Å². The standard InChI is InChI=1S/C11H14BrNO3/c1-13-6-8-4-3-5-9(12)11(8)16-7-10(14)15-2/h3-5,13H,6-7H2,1-2H3. The summed E-state index contributed by atoms with van der Waals surface area (Å²) in [5.41, 5.74) is 0.987. The molecule has 5 heteroatoms. The summed E-state index contributed by atoms with van der Waals surface area (Å²) in [6.45, 7) is 0.589. The van der Waals surface area contributed by atoms with Gasteiger partial charge in [0.2, 0.25) is 0 Å². The lowest BCUT2D eigenvalue weighted by Crippen LogP contribution is -2.15. The van der Waals surface area contributed by atoms with Gasteiger partial charge in [-0.05, 0) is 29.0 Å². The lowest BCUT2D eigenvalue weighted by Gasteiger charge is -2.12. The smallest absolute Gasteiger partial charge is 0.343 e. The van der Waals surface area contributed by atoms with Crippen LogP contribution in [0.5, 0.6) is 5.75 Å². The zero-order chi connectivity index (χ0) is 12.0. The van der Waals surface area contributed by atoms with Crippen molar-refractivity contribution in [3.05, 3.63) is 28.2 Å². The molecule has 0 amide bonds. The number of rotatable bonds is 5. The normalized spacial score (nSPS) is 9.94. The molecule has 0 radical (unpaired) electrons. The molecule has 1 aromatic rings. The summed E-state index contributed by atoms with van der Waals surface area (Å²) in [7, 11) is 3.19. The molecule has 16 heavy (non-hydrogen) atoms. The van der Waals surface area contributed by atoms with E-state index in [2.05, 4.69) is 26.0 Å². The van der Waals surface area contributed by atoms with E-state index in [0.29, 0.717) is 12.3 Å². The van der Waals surface area contributed by atoms with Crippen LogP contribution in [-0.2, 0) is 16.1 Å². The molecule has 0 fully saturated rings. The first-order valence-corrected chi connectivity index (χ1v) is 5.60. The number of carbonyl (C=O) groups excluding carboxylic acids is 1. The molecule has 4 nitrogen and oxygen atoms in total. The van der Waals surface area contributed by atoms with Gasteiger partial charge < -0.3 is 14.8 Å². The Balaban J connectivity index is 2.79. The molecular formula is C11H14BrNO3. The summed E-state index contributed by atoms with van der Waals surface area (Å²) >= 11 is 3.38. The van der Waals surface area contributed by atoms with Crippen LogP contribution >= 0.6 is 15.9 Å². The minimum atomic E-state index is -0.397. The van der Waals surface area contributed by atoms with Crippen molar-refractivity contribution >= 4 is 21.9 Å². The Bertz CT molecular complexity index is 368. The third-order valence-electron chi connectivity index (χ3n) is 1.98. The quantitative estimate of drug-likeness (QED) is 0.838. The van der Waals surface area contributed by atoms with Crippen molar-refractivity contribution in [2.75, 3.05) is 20.8 Å². The number of methoxy groups -OCH3 is 1. The van der Waals surface area contributed by atoms with Crippen molar-refractivity contribution in [3.63, 3.8) is 0 Å². The van der Waals surface area contributed by atoms with E-state index < -0.39 is 5.97 Å². The zero-order valence-electron chi connectivity index (χ0n) is 9.25. The van der Waals surface area contributed by atoms with Crippen molar-refractivity contribution < 1.29 is 14.3 Å². The van der Waals surface area contributed by atoms with E-state index >= 15 is 0 Å². The van der Waals surface area contributed by atoms with Crippen molar-refractivity contribution in [2.45, 2.75) is 6.54 Å². The molecule has 0 atom stereocenters. The van der Waals surface area contributed by atoms with E-state index in [9.17, 15) is 4.79 Å². The third kappa shape index (κ3) is 3.50. The molecule has 0 saturated heterocycles. The first-order chi connectivity index (χ1) is 7.69. The first-order valence-electron chi connectivity index (χ1n) is 4.80. The largest absolute Gasteiger partial charge is 0.480 e. The Kier molecular flexibility index (Phi) is 5.28. The summed E-state index contributed by atoms with van der Waals surface area (Å²) in [6.07, 6.45) is 0. The number of carbonyl (C=O) groups is 1. The number of para-hydroxylation sites is 1. The number of hydrogen-bond acceptors (Lipinski definition) is 4. The van der Waals surface area contributed by atoms with Crippen molar-refractivity contribution in [3.8, 4) is 5.75 Å². The van der Waals surface area contributed by atoms with Gasteiger partial charge in [0.05, 0.1) is 11.6 Å². The molecule has 0 aliphatic carbocycles. The fourth-order valence-electron chi connectivity index (χ4n) is 1.23. The summed E-state index contributed by atoms with van der Waals surface area (Å²) < 4.78 is 10.8. The van der Waals surface area contributed by atoms with Gasteiger partial charge in [-0.3, -0.25) is 0 Å². The average molecular weight is 288 g/mol. The number of benzene rings is 1. The molecule has 0 aliphatic heterocycles. The van der Waals surface area contributed by atoms with Gasteiger partial charge in [0.25, 0.3) is 0 Å². The Morgan fingerprint density at radius 1 is 1.50 bits per heavy atom. The van der Waals surface area contributed by atoms with Gasteiger partial charge in [-0.2, -0.15) is 0 Å². The Morgan fingerprint density at radius 2 is 2.25 bits per heavy atom. The van der Waals surface area contributed by atoms with Crippen LogP contribution in [-0.4, -0.2) is 26.7 Å². The molecule has 0 spiro atoms. The maximum absolute atomic E-state index is 11.0. The SMILES string of the molecule is CNCc1cccc(Br)c1OCC(=O)OC. The molecule has 0 heterocycles. The van der Waals surface area contributed by atoms with Gasteiger partial charge in [0.15, 0.2) is 6.61 Å². The Labute approximate surface area is 103 Å². The number of hydrogen-bond donors (Lipinski definition) is 1. The Hall–Kier alpha value is -1.07. The van der Waals surface area contributed by atoms with Gasteiger partial charge in [0, 0.05) is 12.1 Å².